The number of hydrogen-bond acceptors (Lipinski definition) is 3. The predicted octanol–water partition coefficient (Wildman–Crippen LogP) is 3.86. The number of ether oxygens (including phenoxy) is 1. The number of piperidine rings is 1. The van der Waals surface area contributed by atoms with Crippen molar-refractivity contribution in [3.05, 3.63) is 29.8 Å². The van der Waals surface area contributed by atoms with Gasteiger partial charge in [0.05, 0.1) is 6.61 Å². The smallest absolute Gasteiger partial charge is 0.303 e. The van der Waals surface area contributed by atoms with Gasteiger partial charge in [-0.3, -0.25) is 9.59 Å². The Kier molecular flexibility index (Phi) is 7.06. The topological polar surface area (TPSA) is 66.8 Å². The molecule has 0 radical (unpaired) electrons. The van der Waals surface area contributed by atoms with Crippen molar-refractivity contribution in [1.82, 2.24) is 4.90 Å². The van der Waals surface area contributed by atoms with Crippen molar-refractivity contribution in [2.45, 2.75) is 58.3 Å². The minimum Gasteiger partial charge on any atom is -0.494 e. The van der Waals surface area contributed by atoms with E-state index in [4.69, 9.17) is 9.84 Å². The molecule has 1 aromatic rings. The standard InChI is InChI=1S/C21H31NO4/c1-21(2,3)17-6-8-18(9-7-17)26-14-4-5-19(23)22-12-10-16(11-13-22)15-20(24)25/h6-9,16H,4-5,10-15H2,1-3H3,(H,24,25). The van der Waals surface area contributed by atoms with Gasteiger partial charge in [0.1, 0.15) is 5.75 Å². The van der Waals surface area contributed by atoms with E-state index in [0.717, 1.165) is 18.6 Å². The number of carbonyl (C=O) groups is 2. The zero-order valence-corrected chi connectivity index (χ0v) is 16.2. The molecule has 1 heterocycles. The highest BCUT2D eigenvalue weighted by atomic mass is 16.5. The SMILES string of the molecule is CC(C)(C)c1ccc(OCCCC(=O)N2CCC(CC(=O)O)CC2)cc1. The number of aliphatic carboxylic acids is 1. The normalized spacial score (nSPS) is 15.7. The van der Waals surface area contributed by atoms with Gasteiger partial charge >= 0.3 is 5.97 Å². The summed E-state index contributed by atoms with van der Waals surface area (Å²) in [6.45, 7) is 8.41. The zero-order valence-electron chi connectivity index (χ0n) is 16.2. The second-order valence-electron chi connectivity index (χ2n) is 8.15. The molecule has 144 valence electrons. The molecule has 1 N–H and O–H groups in total. The summed E-state index contributed by atoms with van der Waals surface area (Å²) in [5.41, 5.74) is 1.40. The van der Waals surface area contributed by atoms with Crippen LogP contribution in [0.25, 0.3) is 0 Å². The van der Waals surface area contributed by atoms with Crippen molar-refractivity contribution in [2.24, 2.45) is 5.92 Å². The Labute approximate surface area is 156 Å². The molecule has 0 unspecified atom stereocenters. The molecule has 0 saturated carbocycles. The molecule has 0 spiro atoms. The van der Waals surface area contributed by atoms with Gasteiger partial charge in [0.25, 0.3) is 0 Å². The molecule has 5 nitrogen and oxygen atoms in total. The van der Waals surface area contributed by atoms with Crippen LogP contribution >= 0.6 is 0 Å². The first-order chi connectivity index (χ1) is 12.3. The molecule has 26 heavy (non-hydrogen) atoms. The van der Waals surface area contributed by atoms with E-state index < -0.39 is 5.97 Å². The molecule has 0 aromatic heterocycles. The van der Waals surface area contributed by atoms with Crippen LogP contribution < -0.4 is 4.74 Å². The van der Waals surface area contributed by atoms with Gasteiger partial charge in [-0.15, -0.1) is 0 Å². The van der Waals surface area contributed by atoms with Crippen molar-refractivity contribution in [3.8, 4) is 5.75 Å². The van der Waals surface area contributed by atoms with Crippen LogP contribution in [0.3, 0.4) is 0 Å². The van der Waals surface area contributed by atoms with Crippen molar-refractivity contribution < 1.29 is 19.4 Å². The first-order valence-corrected chi connectivity index (χ1v) is 9.48. The van der Waals surface area contributed by atoms with Crippen molar-refractivity contribution in [3.63, 3.8) is 0 Å². The number of likely N-dealkylation sites (tertiary alicyclic amines) is 1. The van der Waals surface area contributed by atoms with E-state index in [1.165, 1.54) is 5.56 Å². The quantitative estimate of drug-likeness (QED) is 0.749. The highest BCUT2D eigenvalue weighted by Gasteiger charge is 2.23. The molecular weight excluding hydrogens is 330 g/mol. The number of benzene rings is 1. The van der Waals surface area contributed by atoms with E-state index in [0.29, 0.717) is 32.5 Å². The Bertz CT molecular complexity index is 595. The molecule has 2 rings (SSSR count). The van der Waals surface area contributed by atoms with Gasteiger partial charge in [-0.05, 0) is 48.3 Å². The molecule has 1 aromatic carbocycles. The number of carbonyl (C=O) groups excluding carboxylic acids is 1. The first kappa shape index (κ1) is 20.3. The van der Waals surface area contributed by atoms with Gasteiger partial charge in [-0.1, -0.05) is 32.9 Å². The minimum absolute atomic E-state index is 0.128. The summed E-state index contributed by atoms with van der Waals surface area (Å²) in [5.74, 6) is 0.434. The maximum atomic E-state index is 12.2. The summed E-state index contributed by atoms with van der Waals surface area (Å²) in [4.78, 5) is 24.9. The molecular formula is C21H31NO4. The molecule has 0 bridgehead atoms. The molecule has 0 atom stereocenters. The lowest BCUT2D eigenvalue weighted by Gasteiger charge is -2.31. The van der Waals surface area contributed by atoms with Gasteiger partial charge in [-0.2, -0.15) is 0 Å². The number of amides is 1. The van der Waals surface area contributed by atoms with Gasteiger partial charge in [0.15, 0.2) is 0 Å². The number of rotatable bonds is 7. The predicted molar refractivity (Wildman–Crippen MR) is 101 cm³/mol. The summed E-state index contributed by atoms with van der Waals surface area (Å²) in [7, 11) is 0. The third-order valence-corrected chi connectivity index (χ3v) is 4.95. The largest absolute Gasteiger partial charge is 0.494 e. The third-order valence-electron chi connectivity index (χ3n) is 4.95. The van der Waals surface area contributed by atoms with Crippen LogP contribution in [0, 0.1) is 5.92 Å². The van der Waals surface area contributed by atoms with Gasteiger partial charge < -0.3 is 14.7 Å². The van der Waals surface area contributed by atoms with E-state index in [2.05, 4.69) is 32.9 Å². The summed E-state index contributed by atoms with van der Waals surface area (Å²) >= 11 is 0. The lowest BCUT2D eigenvalue weighted by molar-refractivity contribution is -0.138. The number of nitrogens with zero attached hydrogens (tertiary/aromatic N) is 1. The molecule has 1 aliphatic heterocycles. The average molecular weight is 361 g/mol. The Balaban J connectivity index is 1.65. The van der Waals surface area contributed by atoms with Crippen LogP contribution in [0.2, 0.25) is 0 Å². The molecule has 0 aliphatic carbocycles. The van der Waals surface area contributed by atoms with Crippen LogP contribution in [0.1, 0.15) is 58.4 Å². The van der Waals surface area contributed by atoms with Gasteiger partial charge in [-0.25, -0.2) is 0 Å². The van der Waals surface area contributed by atoms with E-state index in [1.54, 1.807) is 0 Å². The average Bonchev–Trinajstić information content (AvgIpc) is 2.58. The Morgan fingerprint density at radius 2 is 1.77 bits per heavy atom. The van der Waals surface area contributed by atoms with Gasteiger partial charge in [0, 0.05) is 25.9 Å². The number of carboxylic acids is 1. The maximum Gasteiger partial charge on any atom is 0.303 e. The van der Waals surface area contributed by atoms with Crippen LogP contribution in [-0.2, 0) is 15.0 Å². The summed E-state index contributed by atoms with van der Waals surface area (Å²) < 4.78 is 5.74. The highest BCUT2D eigenvalue weighted by Crippen LogP contribution is 2.24. The fraction of sp³-hybridized carbons (Fsp3) is 0.619. The third kappa shape index (κ3) is 6.36. The van der Waals surface area contributed by atoms with Crippen molar-refractivity contribution in [1.29, 1.82) is 0 Å². The lowest BCUT2D eigenvalue weighted by atomic mass is 9.87. The van der Waals surface area contributed by atoms with E-state index in [9.17, 15) is 9.59 Å². The second kappa shape index (κ2) is 9.06. The van der Waals surface area contributed by atoms with E-state index in [-0.39, 0.29) is 23.7 Å². The molecule has 1 fully saturated rings. The fourth-order valence-corrected chi connectivity index (χ4v) is 3.26. The summed E-state index contributed by atoms with van der Waals surface area (Å²) in [6, 6.07) is 8.13. The summed E-state index contributed by atoms with van der Waals surface area (Å²) in [5, 5.41) is 8.84. The second-order valence-corrected chi connectivity index (χ2v) is 8.15. The number of hydrogen-bond donors (Lipinski definition) is 1. The highest BCUT2D eigenvalue weighted by molar-refractivity contribution is 5.76. The molecule has 5 heteroatoms. The monoisotopic (exact) mass is 361 g/mol. The Morgan fingerprint density at radius 1 is 1.15 bits per heavy atom. The maximum absolute atomic E-state index is 12.2. The Hall–Kier alpha value is -2.04. The van der Waals surface area contributed by atoms with Crippen LogP contribution in [0.5, 0.6) is 5.75 Å². The van der Waals surface area contributed by atoms with E-state index >= 15 is 0 Å². The fourth-order valence-electron chi connectivity index (χ4n) is 3.26. The Morgan fingerprint density at radius 3 is 2.31 bits per heavy atom. The molecule has 1 amide bonds. The lowest BCUT2D eigenvalue weighted by Crippen LogP contribution is -2.38. The van der Waals surface area contributed by atoms with Crippen LogP contribution in [0.4, 0.5) is 0 Å². The van der Waals surface area contributed by atoms with Gasteiger partial charge in [0.2, 0.25) is 5.91 Å². The molecule has 1 aliphatic rings. The number of carboxylic acid groups (broad SMARTS) is 1. The van der Waals surface area contributed by atoms with Crippen LogP contribution in [-0.4, -0.2) is 41.6 Å². The molecule has 1 saturated heterocycles. The summed E-state index contributed by atoms with van der Waals surface area (Å²) in [6.07, 6.45) is 2.95. The minimum atomic E-state index is -0.748. The van der Waals surface area contributed by atoms with Crippen LogP contribution in [0.15, 0.2) is 24.3 Å². The van der Waals surface area contributed by atoms with Crippen molar-refractivity contribution in [2.75, 3.05) is 19.7 Å². The first-order valence-electron chi connectivity index (χ1n) is 9.48. The zero-order chi connectivity index (χ0) is 19.2. The van der Waals surface area contributed by atoms with Crippen molar-refractivity contribution >= 4 is 11.9 Å². The van der Waals surface area contributed by atoms with E-state index in [1.807, 2.05) is 17.0 Å².